The first kappa shape index (κ1) is 20.7. The maximum absolute atomic E-state index is 12.4. The summed E-state index contributed by atoms with van der Waals surface area (Å²) in [5, 5.41) is 3.76. The monoisotopic (exact) mass is 414 g/mol. The van der Waals surface area contributed by atoms with Crippen molar-refractivity contribution < 1.29 is 9.53 Å². The number of carbonyl (C=O) groups is 1. The molecule has 0 aliphatic rings. The van der Waals surface area contributed by atoms with E-state index < -0.39 is 6.10 Å². The third-order valence-corrected chi connectivity index (χ3v) is 4.93. The van der Waals surface area contributed by atoms with Gasteiger partial charge in [0.05, 0.1) is 15.1 Å². The van der Waals surface area contributed by atoms with Gasteiger partial charge in [0.15, 0.2) is 6.10 Å². The molecule has 0 unspecified atom stereocenters. The number of anilines is 2. The summed E-state index contributed by atoms with van der Waals surface area (Å²) >= 11 is 17.9. The van der Waals surface area contributed by atoms with E-state index in [0.29, 0.717) is 26.5 Å². The van der Waals surface area contributed by atoms with Crippen LogP contribution in [0.5, 0.6) is 5.75 Å². The van der Waals surface area contributed by atoms with E-state index in [9.17, 15) is 4.79 Å². The Labute approximate surface area is 169 Å². The van der Waals surface area contributed by atoms with E-state index in [-0.39, 0.29) is 5.91 Å². The van der Waals surface area contributed by atoms with Crippen LogP contribution in [0.25, 0.3) is 0 Å². The molecule has 140 valence electrons. The lowest BCUT2D eigenvalue weighted by Crippen LogP contribution is -2.30. The number of halogens is 3. The zero-order valence-electron chi connectivity index (χ0n) is 14.9. The van der Waals surface area contributed by atoms with Gasteiger partial charge in [0, 0.05) is 30.5 Å². The highest BCUT2D eigenvalue weighted by Gasteiger charge is 2.17. The van der Waals surface area contributed by atoms with Gasteiger partial charge in [0.25, 0.3) is 5.91 Å². The first-order valence-electron chi connectivity index (χ1n) is 8.32. The molecule has 0 aromatic heterocycles. The van der Waals surface area contributed by atoms with Gasteiger partial charge in [-0.3, -0.25) is 4.79 Å². The molecule has 0 aliphatic carbocycles. The maximum atomic E-state index is 12.4. The first-order valence-corrected chi connectivity index (χ1v) is 9.46. The molecular weight excluding hydrogens is 395 g/mol. The molecule has 2 aromatic carbocycles. The molecule has 0 bridgehead atoms. The summed E-state index contributed by atoms with van der Waals surface area (Å²) in [6.07, 6.45) is -0.757. The quantitative estimate of drug-likeness (QED) is 0.572. The van der Waals surface area contributed by atoms with Crippen LogP contribution in [0, 0.1) is 0 Å². The number of nitrogens with one attached hydrogen (secondary N) is 1. The predicted octanol–water partition coefficient (Wildman–Crippen LogP) is 5.90. The topological polar surface area (TPSA) is 41.6 Å². The molecule has 0 saturated heterocycles. The Hall–Kier alpha value is -1.62. The highest BCUT2D eigenvalue weighted by atomic mass is 35.5. The summed E-state index contributed by atoms with van der Waals surface area (Å²) in [6, 6.07) is 10.7. The highest BCUT2D eigenvalue weighted by molar-refractivity contribution is 6.43. The van der Waals surface area contributed by atoms with Gasteiger partial charge >= 0.3 is 0 Å². The van der Waals surface area contributed by atoms with Crippen LogP contribution in [0.1, 0.15) is 20.8 Å². The van der Waals surface area contributed by atoms with Gasteiger partial charge < -0.3 is 15.0 Å². The molecule has 4 nitrogen and oxygen atoms in total. The summed E-state index contributed by atoms with van der Waals surface area (Å²) in [6.45, 7) is 7.70. The lowest BCUT2D eigenvalue weighted by atomic mass is 10.2. The van der Waals surface area contributed by atoms with Crippen molar-refractivity contribution in [2.75, 3.05) is 23.3 Å². The van der Waals surface area contributed by atoms with Gasteiger partial charge in [-0.15, -0.1) is 0 Å². The van der Waals surface area contributed by atoms with Crippen molar-refractivity contribution >= 4 is 52.1 Å². The number of benzene rings is 2. The van der Waals surface area contributed by atoms with Crippen molar-refractivity contribution in [3.05, 3.63) is 51.5 Å². The van der Waals surface area contributed by atoms with Crippen LogP contribution >= 0.6 is 34.8 Å². The molecule has 0 aliphatic heterocycles. The lowest BCUT2D eigenvalue weighted by Gasteiger charge is -2.21. The summed E-state index contributed by atoms with van der Waals surface area (Å²) in [4.78, 5) is 14.6. The fourth-order valence-corrected chi connectivity index (χ4v) is 3.01. The smallest absolute Gasteiger partial charge is 0.265 e. The van der Waals surface area contributed by atoms with Gasteiger partial charge in [-0.05, 0) is 51.1 Å². The highest BCUT2D eigenvalue weighted by Crippen LogP contribution is 2.34. The normalized spacial score (nSPS) is 11.8. The second-order valence-corrected chi connectivity index (χ2v) is 6.89. The molecular formula is C19H21Cl3N2O2. The fourth-order valence-electron chi connectivity index (χ4n) is 2.43. The van der Waals surface area contributed by atoms with Crippen LogP contribution in [0.2, 0.25) is 15.1 Å². The number of hydrogen-bond acceptors (Lipinski definition) is 3. The Balaban J connectivity index is 2.02. The Morgan fingerprint density at radius 2 is 1.62 bits per heavy atom. The number of nitrogens with zero attached hydrogens (tertiary/aromatic N) is 1. The third-order valence-electron chi connectivity index (χ3n) is 3.91. The molecule has 1 amide bonds. The van der Waals surface area contributed by atoms with E-state index in [1.807, 2.05) is 24.3 Å². The largest absolute Gasteiger partial charge is 0.479 e. The molecule has 0 spiro atoms. The number of ether oxygens (including phenoxy) is 1. The van der Waals surface area contributed by atoms with E-state index in [2.05, 4.69) is 24.1 Å². The minimum absolute atomic E-state index is 0.289. The van der Waals surface area contributed by atoms with Crippen molar-refractivity contribution in [3.63, 3.8) is 0 Å². The minimum Gasteiger partial charge on any atom is -0.479 e. The van der Waals surface area contributed by atoms with Crippen molar-refractivity contribution in [2.24, 2.45) is 0 Å². The zero-order valence-corrected chi connectivity index (χ0v) is 17.1. The number of hydrogen-bond donors (Lipinski definition) is 1. The lowest BCUT2D eigenvalue weighted by molar-refractivity contribution is -0.122. The van der Waals surface area contributed by atoms with Gasteiger partial charge in [-0.2, -0.15) is 0 Å². The minimum atomic E-state index is -0.757. The molecule has 2 aromatic rings. The Morgan fingerprint density at radius 1 is 1.04 bits per heavy atom. The second kappa shape index (κ2) is 9.36. The number of carbonyl (C=O) groups excluding carboxylic acids is 1. The molecule has 1 atom stereocenters. The molecule has 26 heavy (non-hydrogen) atoms. The van der Waals surface area contributed by atoms with E-state index >= 15 is 0 Å². The van der Waals surface area contributed by atoms with Crippen molar-refractivity contribution in [3.8, 4) is 5.75 Å². The van der Waals surface area contributed by atoms with Crippen molar-refractivity contribution in [1.29, 1.82) is 0 Å². The fraction of sp³-hybridized carbons (Fsp3) is 0.316. The van der Waals surface area contributed by atoms with E-state index in [4.69, 9.17) is 39.5 Å². The number of amides is 1. The summed E-state index contributed by atoms with van der Waals surface area (Å²) in [7, 11) is 0. The average Bonchev–Trinajstić information content (AvgIpc) is 2.62. The second-order valence-electron chi connectivity index (χ2n) is 5.67. The van der Waals surface area contributed by atoms with Crippen LogP contribution in [0.3, 0.4) is 0 Å². The molecule has 0 radical (unpaired) electrons. The average molecular weight is 416 g/mol. The molecule has 0 fully saturated rings. The Morgan fingerprint density at radius 3 is 2.19 bits per heavy atom. The van der Waals surface area contributed by atoms with Gasteiger partial charge in [-0.1, -0.05) is 34.8 Å². The summed E-state index contributed by atoms with van der Waals surface area (Å²) in [5.41, 5.74) is 1.81. The predicted molar refractivity (Wildman–Crippen MR) is 110 cm³/mol. The molecule has 2 rings (SSSR count). The maximum Gasteiger partial charge on any atom is 0.265 e. The van der Waals surface area contributed by atoms with E-state index in [1.165, 1.54) is 12.1 Å². The SMILES string of the molecule is CCN(CC)c1ccc(NC(=O)[C@@H](C)Oc2cc(Cl)c(Cl)cc2Cl)cc1. The third kappa shape index (κ3) is 5.19. The van der Waals surface area contributed by atoms with Crippen LogP contribution in [-0.4, -0.2) is 25.1 Å². The standard InChI is InChI=1S/C19H21Cl3N2O2/c1-4-24(5-2)14-8-6-13(7-9-14)23-19(25)12(3)26-18-11-16(21)15(20)10-17(18)22/h6-12H,4-5H2,1-3H3,(H,23,25)/t12-/m1/s1. The molecule has 1 N–H and O–H groups in total. The summed E-state index contributed by atoms with van der Waals surface area (Å²) in [5.74, 6) is 0.0170. The van der Waals surface area contributed by atoms with Gasteiger partial charge in [0.2, 0.25) is 0 Å². The number of rotatable bonds is 7. The molecule has 0 heterocycles. The van der Waals surface area contributed by atoms with Gasteiger partial charge in [0.1, 0.15) is 5.75 Å². The zero-order chi connectivity index (χ0) is 19.3. The Kier molecular flexibility index (Phi) is 7.44. The van der Waals surface area contributed by atoms with Crippen LogP contribution in [0.15, 0.2) is 36.4 Å². The molecule has 7 heteroatoms. The van der Waals surface area contributed by atoms with E-state index in [1.54, 1.807) is 6.92 Å². The van der Waals surface area contributed by atoms with E-state index in [0.717, 1.165) is 18.8 Å². The van der Waals surface area contributed by atoms with Gasteiger partial charge in [-0.25, -0.2) is 0 Å². The van der Waals surface area contributed by atoms with Crippen LogP contribution in [0.4, 0.5) is 11.4 Å². The summed E-state index contributed by atoms with van der Waals surface area (Å²) < 4.78 is 5.62. The Bertz CT molecular complexity index is 762. The van der Waals surface area contributed by atoms with Crippen molar-refractivity contribution in [2.45, 2.75) is 26.9 Å². The van der Waals surface area contributed by atoms with Crippen LogP contribution in [-0.2, 0) is 4.79 Å². The first-order chi connectivity index (χ1) is 12.3. The van der Waals surface area contributed by atoms with Crippen LogP contribution < -0.4 is 15.0 Å². The van der Waals surface area contributed by atoms with Crippen molar-refractivity contribution in [1.82, 2.24) is 0 Å². The molecule has 0 saturated carbocycles.